The van der Waals surface area contributed by atoms with Gasteiger partial charge in [0.2, 0.25) is 5.91 Å². The van der Waals surface area contributed by atoms with E-state index in [1.54, 1.807) is 13.0 Å². The summed E-state index contributed by atoms with van der Waals surface area (Å²) >= 11 is 3.21. The van der Waals surface area contributed by atoms with Crippen molar-refractivity contribution in [3.8, 4) is 0 Å². The summed E-state index contributed by atoms with van der Waals surface area (Å²) in [5.74, 6) is -1.66. The Bertz CT molecular complexity index is 763. The van der Waals surface area contributed by atoms with Gasteiger partial charge in [0.05, 0.1) is 5.69 Å². The molecule has 0 aliphatic heterocycles. The van der Waals surface area contributed by atoms with E-state index in [1.165, 1.54) is 22.9 Å². The number of carboxylic acid groups (broad SMARTS) is 1. The number of halogens is 1. The fourth-order valence-electron chi connectivity index (χ4n) is 1.83. The van der Waals surface area contributed by atoms with E-state index in [1.807, 2.05) is 0 Å². The molecule has 1 amide bonds. The molecule has 3 N–H and O–H groups in total. The number of anilines is 1. The van der Waals surface area contributed by atoms with Gasteiger partial charge >= 0.3 is 5.97 Å². The van der Waals surface area contributed by atoms with Crippen molar-refractivity contribution in [1.29, 1.82) is 0 Å². The van der Waals surface area contributed by atoms with Crippen molar-refractivity contribution in [2.24, 2.45) is 0 Å². The lowest BCUT2D eigenvalue weighted by molar-refractivity contribution is -0.116. The van der Waals surface area contributed by atoms with Gasteiger partial charge in [-0.3, -0.25) is 9.59 Å². The fourth-order valence-corrected chi connectivity index (χ4v) is 2.21. The van der Waals surface area contributed by atoms with Gasteiger partial charge < -0.3 is 20.0 Å². The molecule has 0 fully saturated rings. The Balaban J connectivity index is 2.17. The molecule has 2 rings (SSSR count). The Hall–Kier alpha value is -2.35. The average Bonchev–Trinajstić information content (AvgIpc) is 2.75. The quantitative estimate of drug-likeness (QED) is 0.775. The van der Waals surface area contributed by atoms with Crippen LogP contribution in [-0.2, 0) is 11.3 Å². The third kappa shape index (κ3) is 3.60. The lowest BCUT2D eigenvalue weighted by Gasteiger charge is -2.07. The van der Waals surface area contributed by atoms with Crippen LogP contribution in [-0.4, -0.2) is 26.5 Å². The summed E-state index contributed by atoms with van der Waals surface area (Å²) in [6.45, 7) is 1.47. The molecule has 0 saturated heterocycles. The van der Waals surface area contributed by atoms with Crippen molar-refractivity contribution in [1.82, 2.24) is 9.55 Å². The molecule has 2 heterocycles. The second-order valence-corrected chi connectivity index (χ2v) is 5.32. The van der Waals surface area contributed by atoms with E-state index in [9.17, 15) is 14.4 Å². The van der Waals surface area contributed by atoms with Gasteiger partial charge in [0, 0.05) is 22.4 Å². The number of pyridine rings is 1. The van der Waals surface area contributed by atoms with E-state index in [2.05, 4.69) is 26.2 Å². The van der Waals surface area contributed by atoms with Gasteiger partial charge in [0.15, 0.2) is 0 Å². The van der Waals surface area contributed by atoms with Crippen LogP contribution in [0.4, 0.5) is 5.69 Å². The third-order valence-electron chi connectivity index (χ3n) is 2.70. The second-order valence-electron chi connectivity index (χ2n) is 4.41. The van der Waals surface area contributed by atoms with E-state index in [0.717, 1.165) is 0 Å². The minimum absolute atomic E-state index is 0.0950. The van der Waals surface area contributed by atoms with Crippen LogP contribution in [0.5, 0.6) is 0 Å². The molecule has 0 spiro atoms. The monoisotopic (exact) mass is 353 g/mol. The number of carboxylic acids is 1. The van der Waals surface area contributed by atoms with Crippen LogP contribution in [0, 0.1) is 6.92 Å². The van der Waals surface area contributed by atoms with Gasteiger partial charge in [-0.1, -0.05) is 0 Å². The number of nitrogens with one attached hydrogen (secondary N) is 2. The molecule has 0 unspecified atom stereocenters. The number of aromatic carboxylic acids is 1. The zero-order valence-electron chi connectivity index (χ0n) is 11.0. The zero-order chi connectivity index (χ0) is 15.6. The second kappa shape index (κ2) is 5.96. The van der Waals surface area contributed by atoms with Gasteiger partial charge in [-0.15, -0.1) is 0 Å². The molecule has 2 aromatic rings. The highest BCUT2D eigenvalue weighted by Crippen LogP contribution is 2.16. The van der Waals surface area contributed by atoms with Crippen molar-refractivity contribution in [2.45, 2.75) is 13.5 Å². The standard InChI is InChI=1S/C13H12BrN3O4/c1-7-4-9(12(15-7)13(20)21)16-10(18)6-17-5-8(14)2-3-11(17)19/h2-5,15H,6H2,1H3,(H,16,18)(H,20,21). The number of rotatable bonds is 4. The Morgan fingerprint density at radius 2 is 2.14 bits per heavy atom. The molecule has 8 heteroatoms. The van der Waals surface area contributed by atoms with Crippen molar-refractivity contribution >= 4 is 33.5 Å². The molecular weight excluding hydrogens is 342 g/mol. The fraction of sp³-hybridized carbons (Fsp3) is 0.154. The number of aromatic amines is 1. The average molecular weight is 354 g/mol. The van der Waals surface area contributed by atoms with Crippen LogP contribution >= 0.6 is 15.9 Å². The highest BCUT2D eigenvalue weighted by molar-refractivity contribution is 9.10. The largest absolute Gasteiger partial charge is 0.477 e. The number of aromatic nitrogens is 2. The Morgan fingerprint density at radius 1 is 1.43 bits per heavy atom. The van der Waals surface area contributed by atoms with E-state index in [-0.39, 0.29) is 23.5 Å². The minimum Gasteiger partial charge on any atom is -0.477 e. The summed E-state index contributed by atoms with van der Waals surface area (Å²) < 4.78 is 1.89. The van der Waals surface area contributed by atoms with Crippen molar-refractivity contribution in [3.05, 3.63) is 50.6 Å². The smallest absolute Gasteiger partial charge is 0.354 e. The van der Waals surface area contributed by atoms with Crippen LogP contribution in [0.3, 0.4) is 0 Å². The molecule has 21 heavy (non-hydrogen) atoms. The summed E-state index contributed by atoms with van der Waals surface area (Å²) in [4.78, 5) is 37.2. The number of carbonyl (C=O) groups excluding carboxylic acids is 1. The highest BCUT2D eigenvalue weighted by atomic mass is 79.9. The summed E-state index contributed by atoms with van der Waals surface area (Å²) in [5, 5.41) is 11.5. The van der Waals surface area contributed by atoms with Gasteiger partial charge in [-0.05, 0) is 35.0 Å². The van der Waals surface area contributed by atoms with Crippen molar-refractivity contribution in [2.75, 3.05) is 5.32 Å². The van der Waals surface area contributed by atoms with E-state index in [4.69, 9.17) is 5.11 Å². The molecule has 0 atom stereocenters. The van der Waals surface area contributed by atoms with Crippen molar-refractivity contribution in [3.63, 3.8) is 0 Å². The van der Waals surface area contributed by atoms with Gasteiger partial charge in [-0.2, -0.15) is 0 Å². The van der Waals surface area contributed by atoms with Crippen molar-refractivity contribution < 1.29 is 14.7 Å². The topological polar surface area (TPSA) is 104 Å². The summed E-state index contributed by atoms with van der Waals surface area (Å²) in [6.07, 6.45) is 1.49. The number of nitrogens with zero attached hydrogens (tertiary/aromatic N) is 1. The third-order valence-corrected chi connectivity index (χ3v) is 3.17. The minimum atomic E-state index is -1.17. The number of hydrogen-bond acceptors (Lipinski definition) is 3. The first-order valence-corrected chi connectivity index (χ1v) is 6.75. The maximum Gasteiger partial charge on any atom is 0.354 e. The summed E-state index contributed by atoms with van der Waals surface area (Å²) in [7, 11) is 0. The van der Waals surface area contributed by atoms with Gasteiger partial charge in [0.25, 0.3) is 5.56 Å². The van der Waals surface area contributed by atoms with E-state index >= 15 is 0 Å². The lowest BCUT2D eigenvalue weighted by Crippen LogP contribution is -2.27. The van der Waals surface area contributed by atoms with Crippen LogP contribution in [0.15, 0.2) is 33.7 Å². The maximum absolute atomic E-state index is 11.9. The Morgan fingerprint density at radius 3 is 2.81 bits per heavy atom. The van der Waals surface area contributed by atoms with Crippen LogP contribution in [0.1, 0.15) is 16.2 Å². The molecule has 0 saturated carbocycles. The first-order chi connectivity index (χ1) is 9.86. The number of amides is 1. The molecule has 2 aromatic heterocycles. The molecule has 0 aromatic carbocycles. The SMILES string of the molecule is Cc1cc(NC(=O)Cn2cc(Br)ccc2=O)c(C(=O)O)[nH]1. The molecule has 7 nitrogen and oxygen atoms in total. The molecule has 0 aliphatic carbocycles. The van der Waals surface area contributed by atoms with Gasteiger partial charge in [-0.25, -0.2) is 4.79 Å². The van der Waals surface area contributed by atoms with Crippen LogP contribution in [0.2, 0.25) is 0 Å². The molecule has 0 bridgehead atoms. The number of aryl methyl sites for hydroxylation is 1. The molecule has 0 aliphatic rings. The summed E-state index contributed by atoms with van der Waals surface area (Å²) in [6, 6.07) is 4.43. The predicted molar refractivity (Wildman–Crippen MR) is 79.5 cm³/mol. The Labute approximate surface area is 127 Å². The normalized spacial score (nSPS) is 10.4. The van der Waals surface area contributed by atoms with E-state index in [0.29, 0.717) is 10.2 Å². The summed E-state index contributed by atoms with van der Waals surface area (Å²) in [5.41, 5.74) is 0.370. The number of carbonyl (C=O) groups is 2. The highest BCUT2D eigenvalue weighted by Gasteiger charge is 2.15. The number of hydrogen-bond donors (Lipinski definition) is 3. The zero-order valence-corrected chi connectivity index (χ0v) is 12.6. The van der Waals surface area contributed by atoms with Crippen LogP contribution < -0.4 is 10.9 Å². The van der Waals surface area contributed by atoms with Crippen LogP contribution in [0.25, 0.3) is 0 Å². The molecular formula is C13H12BrN3O4. The predicted octanol–water partition coefficient (Wildman–Crippen LogP) is 1.58. The Kier molecular flexibility index (Phi) is 4.27. The molecule has 110 valence electrons. The van der Waals surface area contributed by atoms with E-state index < -0.39 is 11.9 Å². The maximum atomic E-state index is 11.9. The first-order valence-electron chi connectivity index (χ1n) is 5.95. The molecule has 0 radical (unpaired) electrons. The van der Waals surface area contributed by atoms with Gasteiger partial charge in [0.1, 0.15) is 12.2 Å². The first kappa shape index (κ1) is 15.0. The number of H-pyrrole nitrogens is 1. The lowest BCUT2D eigenvalue weighted by atomic mass is 10.3.